The maximum Gasteiger partial charge on any atom is 0.315 e. The summed E-state index contributed by atoms with van der Waals surface area (Å²) in [6.45, 7) is 4.60. The van der Waals surface area contributed by atoms with E-state index in [1.54, 1.807) is 12.1 Å². The van der Waals surface area contributed by atoms with Crippen molar-refractivity contribution in [1.82, 2.24) is 10.6 Å². The molecule has 1 unspecified atom stereocenters. The van der Waals surface area contributed by atoms with Crippen molar-refractivity contribution in [3.8, 4) is 0 Å². The predicted octanol–water partition coefficient (Wildman–Crippen LogP) is 2.47. The van der Waals surface area contributed by atoms with Crippen molar-refractivity contribution in [1.29, 1.82) is 0 Å². The van der Waals surface area contributed by atoms with Gasteiger partial charge in [0.05, 0.1) is 0 Å². The molecule has 0 aromatic heterocycles. The standard InChI is InChI=1S/C13H19FN2O/c1-3-8-15-13(17)16-10(2)9-11-4-6-12(14)7-5-11/h4-7,10H,3,8-9H2,1-2H3,(H2,15,16,17). The van der Waals surface area contributed by atoms with Crippen LogP contribution in [0.25, 0.3) is 0 Å². The lowest BCUT2D eigenvalue weighted by molar-refractivity contribution is 0.237. The van der Waals surface area contributed by atoms with E-state index in [9.17, 15) is 9.18 Å². The monoisotopic (exact) mass is 238 g/mol. The fourth-order valence-electron chi connectivity index (χ4n) is 1.54. The fraction of sp³-hybridized carbons (Fsp3) is 0.462. The van der Waals surface area contributed by atoms with Gasteiger partial charge in [0.15, 0.2) is 0 Å². The summed E-state index contributed by atoms with van der Waals surface area (Å²) in [6, 6.07) is 6.20. The molecule has 17 heavy (non-hydrogen) atoms. The van der Waals surface area contributed by atoms with Crippen molar-refractivity contribution in [2.24, 2.45) is 0 Å². The van der Waals surface area contributed by atoms with Crippen molar-refractivity contribution < 1.29 is 9.18 Å². The van der Waals surface area contributed by atoms with Crippen LogP contribution in [0.3, 0.4) is 0 Å². The van der Waals surface area contributed by atoms with Gasteiger partial charge in [0.1, 0.15) is 5.82 Å². The quantitative estimate of drug-likeness (QED) is 0.813. The second-order valence-electron chi connectivity index (χ2n) is 4.13. The van der Waals surface area contributed by atoms with E-state index in [1.807, 2.05) is 13.8 Å². The highest BCUT2D eigenvalue weighted by Gasteiger charge is 2.07. The number of amides is 2. The molecular formula is C13H19FN2O. The van der Waals surface area contributed by atoms with Gasteiger partial charge in [-0.05, 0) is 37.5 Å². The molecule has 0 radical (unpaired) electrons. The van der Waals surface area contributed by atoms with E-state index in [1.165, 1.54) is 12.1 Å². The topological polar surface area (TPSA) is 41.1 Å². The maximum atomic E-state index is 12.7. The smallest absolute Gasteiger partial charge is 0.315 e. The predicted molar refractivity (Wildman–Crippen MR) is 66.4 cm³/mol. The molecule has 0 bridgehead atoms. The van der Waals surface area contributed by atoms with Gasteiger partial charge in [0.2, 0.25) is 0 Å². The average Bonchev–Trinajstić information content (AvgIpc) is 2.29. The summed E-state index contributed by atoms with van der Waals surface area (Å²) >= 11 is 0. The first-order valence-electron chi connectivity index (χ1n) is 5.90. The highest BCUT2D eigenvalue weighted by Crippen LogP contribution is 2.05. The lowest BCUT2D eigenvalue weighted by atomic mass is 10.1. The fourth-order valence-corrected chi connectivity index (χ4v) is 1.54. The Morgan fingerprint density at radius 1 is 1.35 bits per heavy atom. The average molecular weight is 238 g/mol. The summed E-state index contributed by atoms with van der Waals surface area (Å²) in [5.74, 6) is -0.241. The lowest BCUT2D eigenvalue weighted by Gasteiger charge is -2.14. The summed E-state index contributed by atoms with van der Waals surface area (Å²) < 4.78 is 12.7. The van der Waals surface area contributed by atoms with Crippen molar-refractivity contribution in [3.05, 3.63) is 35.6 Å². The Labute approximate surface area is 101 Å². The van der Waals surface area contributed by atoms with Gasteiger partial charge < -0.3 is 10.6 Å². The highest BCUT2D eigenvalue weighted by atomic mass is 19.1. The molecule has 0 aliphatic carbocycles. The summed E-state index contributed by atoms with van der Waals surface area (Å²) in [7, 11) is 0. The van der Waals surface area contributed by atoms with Crippen LogP contribution in [0, 0.1) is 5.82 Å². The molecule has 0 heterocycles. The van der Waals surface area contributed by atoms with Crippen LogP contribution < -0.4 is 10.6 Å². The lowest BCUT2D eigenvalue weighted by Crippen LogP contribution is -2.41. The number of rotatable bonds is 5. The Balaban J connectivity index is 2.36. The zero-order chi connectivity index (χ0) is 12.7. The van der Waals surface area contributed by atoms with Crippen LogP contribution in [-0.4, -0.2) is 18.6 Å². The molecule has 3 nitrogen and oxygen atoms in total. The Hall–Kier alpha value is -1.58. The molecule has 0 aliphatic rings. The molecule has 0 saturated heterocycles. The van der Waals surface area contributed by atoms with Gasteiger partial charge >= 0.3 is 6.03 Å². The Morgan fingerprint density at radius 2 is 2.00 bits per heavy atom. The minimum Gasteiger partial charge on any atom is -0.338 e. The van der Waals surface area contributed by atoms with E-state index in [2.05, 4.69) is 10.6 Å². The van der Waals surface area contributed by atoms with Crippen LogP contribution in [0.2, 0.25) is 0 Å². The van der Waals surface area contributed by atoms with Crippen LogP contribution in [-0.2, 0) is 6.42 Å². The summed E-state index contributed by atoms with van der Waals surface area (Å²) in [5.41, 5.74) is 1.01. The molecule has 1 rings (SSSR count). The molecular weight excluding hydrogens is 219 g/mol. The van der Waals surface area contributed by atoms with E-state index >= 15 is 0 Å². The number of benzene rings is 1. The van der Waals surface area contributed by atoms with Crippen LogP contribution in [0.1, 0.15) is 25.8 Å². The van der Waals surface area contributed by atoms with Gasteiger partial charge in [-0.2, -0.15) is 0 Å². The third-order valence-electron chi connectivity index (χ3n) is 2.37. The van der Waals surface area contributed by atoms with E-state index in [4.69, 9.17) is 0 Å². The zero-order valence-electron chi connectivity index (χ0n) is 10.3. The van der Waals surface area contributed by atoms with E-state index in [0.29, 0.717) is 13.0 Å². The van der Waals surface area contributed by atoms with E-state index in [-0.39, 0.29) is 17.9 Å². The first-order valence-corrected chi connectivity index (χ1v) is 5.90. The van der Waals surface area contributed by atoms with E-state index < -0.39 is 0 Å². The van der Waals surface area contributed by atoms with Crippen LogP contribution in [0.15, 0.2) is 24.3 Å². The van der Waals surface area contributed by atoms with Crippen molar-refractivity contribution in [2.45, 2.75) is 32.7 Å². The van der Waals surface area contributed by atoms with Gasteiger partial charge in [-0.3, -0.25) is 0 Å². The van der Waals surface area contributed by atoms with Crippen LogP contribution in [0.5, 0.6) is 0 Å². The number of hydrogen-bond acceptors (Lipinski definition) is 1. The minimum absolute atomic E-state index is 0.0253. The van der Waals surface area contributed by atoms with Crippen LogP contribution in [0.4, 0.5) is 9.18 Å². The molecule has 2 amide bonds. The minimum atomic E-state index is -0.241. The van der Waals surface area contributed by atoms with Gasteiger partial charge in [0, 0.05) is 12.6 Å². The molecule has 1 atom stereocenters. The second kappa shape index (κ2) is 6.89. The number of nitrogens with one attached hydrogen (secondary N) is 2. The Bertz CT molecular complexity index is 351. The zero-order valence-corrected chi connectivity index (χ0v) is 10.3. The first kappa shape index (κ1) is 13.5. The summed E-state index contributed by atoms with van der Waals surface area (Å²) in [5, 5.41) is 5.58. The second-order valence-corrected chi connectivity index (χ2v) is 4.13. The molecule has 2 N–H and O–H groups in total. The van der Waals surface area contributed by atoms with Crippen molar-refractivity contribution in [2.75, 3.05) is 6.54 Å². The maximum absolute atomic E-state index is 12.7. The Morgan fingerprint density at radius 3 is 2.59 bits per heavy atom. The molecule has 1 aromatic rings. The van der Waals surface area contributed by atoms with Crippen molar-refractivity contribution in [3.63, 3.8) is 0 Å². The summed E-state index contributed by atoms with van der Waals surface area (Å²) in [4.78, 5) is 11.4. The summed E-state index contributed by atoms with van der Waals surface area (Å²) in [6.07, 6.45) is 1.61. The van der Waals surface area contributed by atoms with Crippen molar-refractivity contribution >= 4 is 6.03 Å². The number of urea groups is 1. The number of halogens is 1. The molecule has 1 aromatic carbocycles. The third-order valence-corrected chi connectivity index (χ3v) is 2.37. The van der Waals surface area contributed by atoms with Gasteiger partial charge in [-0.25, -0.2) is 9.18 Å². The molecule has 4 heteroatoms. The van der Waals surface area contributed by atoms with Gasteiger partial charge in [-0.1, -0.05) is 19.1 Å². The molecule has 0 saturated carbocycles. The van der Waals surface area contributed by atoms with Crippen LogP contribution >= 0.6 is 0 Å². The molecule has 0 aliphatic heterocycles. The number of carbonyl (C=O) groups is 1. The van der Waals surface area contributed by atoms with Gasteiger partial charge in [0.25, 0.3) is 0 Å². The first-order chi connectivity index (χ1) is 8.11. The van der Waals surface area contributed by atoms with E-state index in [0.717, 1.165) is 12.0 Å². The van der Waals surface area contributed by atoms with Gasteiger partial charge in [-0.15, -0.1) is 0 Å². The normalized spacial score (nSPS) is 11.9. The molecule has 94 valence electrons. The molecule has 0 fully saturated rings. The highest BCUT2D eigenvalue weighted by molar-refractivity contribution is 5.74. The molecule has 0 spiro atoms. The third kappa shape index (κ3) is 5.33. The number of hydrogen-bond donors (Lipinski definition) is 2. The number of carbonyl (C=O) groups excluding carboxylic acids is 1. The SMILES string of the molecule is CCCNC(=O)NC(C)Cc1ccc(F)cc1. The Kier molecular flexibility index (Phi) is 5.46. The largest absolute Gasteiger partial charge is 0.338 e.